The Balaban J connectivity index is 1.41. The van der Waals surface area contributed by atoms with E-state index >= 15 is 0 Å². The fraction of sp³-hybridized carbons (Fsp3) is 0.417. The van der Waals surface area contributed by atoms with Crippen molar-refractivity contribution in [1.29, 1.82) is 0 Å². The number of aromatic nitrogens is 1. The Morgan fingerprint density at radius 2 is 1.55 bits per heavy atom. The van der Waals surface area contributed by atoms with Gasteiger partial charge in [-0.1, -0.05) is 17.7 Å². The zero-order valence-corrected chi connectivity index (χ0v) is 17.5. The molecule has 0 N–H and O–H groups in total. The maximum Gasteiger partial charge on any atom is 0.246 e. The van der Waals surface area contributed by atoms with Crippen LogP contribution in [0.2, 0.25) is 0 Å². The minimum Gasteiger partial charge on any atom is -0.339 e. The van der Waals surface area contributed by atoms with E-state index in [1.165, 1.54) is 5.56 Å². The molecular formula is C24H29N3O2. The molecule has 5 heteroatoms. The van der Waals surface area contributed by atoms with Crippen molar-refractivity contribution in [3.8, 4) is 5.69 Å². The molecule has 2 amide bonds. The molecule has 0 radical (unpaired) electrons. The average Bonchev–Trinajstić information content (AvgIpc) is 3.53. The molecule has 1 saturated heterocycles. The first-order valence-electron chi connectivity index (χ1n) is 10.5. The summed E-state index contributed by atoms with van der Waals surface area (Å²) in [5.41, 5.74) is 5.69. The van der Waals surface area contributed by atoms with Gasteiger partial charge in [-0.2, -0.15) is 0 Å². The SMILES string of the molecule is Cc1ccc(-n2c(C)cc(C=CC(=O)N3CCN(C(=O)C4CC4)CC3)c2C)cc1. The lowest BCUT2D eigenvalue weighted by molar-refractivity contribution is -0.138. The highest BCUT2D eigenvalue weighted by atomic mass is 16.2. The van der Waals surface area contributed by atoms with Gasteiger partial charge in [0.1, 0.15) is 0 Å². The molecule has 1 aliphatic heterocycles. The summed E-state index contributed by atoms with van der Waals surface area (Å²) < 4.78 is 2.21. The zero-order chi connectivity index (χ0) is 20.5. The maximum absolute atomic E-state index is 12.6. The van der Waals surface area contributed by atoms with Crippen molar-refractivity contribution in [3.63, 3.8) is 0 Å². The fourth-order valence-corrected chi connectivity index (χ4v) is 4.05. The zero-order valence-electron chi connectivity index (χ0n) is 17.5. The van der Waals surface area contributed by atoms with Crippen molar-refractivity contribution < 1.29 is 9.59 Å². The fourth-order valence-electron chi connectivity index (χ4n) is 4.05. The van der Waals surface area contributed by atoms with Crippen LogP contribution in [0.1, 0.15) is 35.4 Å². The normalized spacial score (nSPS) is 17.2. The molecule has 1 aromatic carbocycles. The van der Waals surface area contributed by atoms with Gasteiger partial charge in [-0.25, -0.2) is 0 Å². The summed E-state index contributed by atoms with van der Waals surface area (Å²) in [5.74, 6) is 0.542. The molecule has 29 heavy (non-hydrogen) atoms. The Bertz CT molecular complexity index is 943. The van der Waals surface area contributed by atoms with Gasteiger partial charge in [0.15, 0.2) is 0 Å². The third-order valence-electron chi connectivity index (χ3n) is 6.00. The largest absolute Gasteiger partial charge is 0.339 e. The molecule has 0 unspecified atom stereocenters. The van der Waals surface area contributed by atoms with Gasteiger partial charge in [0.05, 0.1) is 0 Å². The van der Waals surface area contributed by atoms with Gasteiger partial charge in [-0.05, 0) is 63.5 Å². The molecule has 0 bridgehead atoms. The first kappa shape index (κ1) is 19.5. The third-order valence-corrected chi connectivity index (χ3v) is 6.00. The van der Waals surface area contributed by atoms with Crippen molar-refractivity contribution in [1.82, 2.24) is 14.4 Å². The third kappa shape index (κ3) is 4.14. The molecule has 0 atom stereocenters. The summed E-state index contributed by atoms with van der Waals surface area (Å²) in [7, 11) is 0. The van der Waals surface area contributed by atoms with Gasteiger partial charge < -0.3 is 14.4 Å². The highest BCUT2D eigenvalue weighted by Crippen LogP contribution is 2.31. The lowest BCUT2D eigenvalue weighted by Gasteiger charge is -2.34. The summed E-state index contributed by atoms with van der Waals surface area (Å²) in [6.45, 7) is 8.78. The predicted octanol–water partition coefficient (Wildman–Crippen LogP) is 3.50. The Morgan fingerprint density at radius 3 is 2.17 bits per heavy atom. The Labute approximate surface area is 172 Å². The number of hydrogen-bond donors (Lipinski definition) is 0. The topological polar surface area (TPSA) is 45.6 Å². The number of carbonyl (C=O) groups excluding carboxylic acids is 2. The lowest BCUT2D eigenvalue weighted by Crippen LogP contribution is -2.50. The van der Waals surface area contributed by atoms with Gasteiger partial charge >= 0.3 is 0 Å². The Morgan fingerprint density at radius 1 is 0.931 bits per heavy atom. The number of amides is 2. The van der Waals surface area contributed by atoms with Gasteiger partial charge in [0.2, 0.25) is 11.8 Å². The molecule has 1 saturated carbocycles. The van der Waals surface area contributed by atoms with Gasteiger partial charge in [-0.3, -0.25) is 9.59 Å². The van der Waals surface area contributed by atoms with Crippen molar-refractivity contribution in [2.75, 3.05) is 26.2 Å². The van der Waals surface area contributed by atoms with Crippen LogP contribution in [0, 0.1) is 26.7 Å². The Hall–Kier alpha value is -2.82. The average molecular weight is 392 g/mol. The first-order chi connectivity index (χ1) is 13.9. The summed E-state index contributed by atoms with van der Waals surface area (Å²) in [6.07, 6.45) is 5.64. The molecule has 5 nitrogen and oxygen atoms in total. The molecule has 2 aromatic rings. The predicted molar refractivity (Wildman–Crippen MR) is 115 cm³/mol. The van der Waals surface area contributed by atoms with Crippen LogP contribution >= 0.6 is 0 Å². The van der Waals surface area contributed by atoms with Crippen molar-refractivity contribution >= 4 is 17.9 Å². The number of hydrogen-bond acceptors (Lipinski definition) is 2. The molecule has 0 spiro atoms. The second-order valence-corrected chi connectivity index (χ2v) is 8.26. The van der Waals surface area contributed by atoms with E-state index in [1.807, 2.05) is 15.9 Å². The van der Waals surface area contributed by atoms with Crippen LogP contribution in [-0.2, 0) is 9.59 Å². The van der Waals surface area contributed by atoms with Gasteiger partial charge in [0.25, 0.3) is 0 Å². The van der Waals surface area contributed by atoms with Gasteiger partial charge in [0, 0.05) is 55.2 Å². The summed E-state index contributed by atoms with van der Waals surface area (Å²) in [4.78, 5) is 28.6. The van der Waals surface area contributed by atoms with Crippen molar-refractivity contribution in [3.05, 3.63) is 58.9 Å². The monoisotopic (exact) mass is 391 g/mol. The summed E-state index contributed by atoms with van der Waals surface area (Å²) in [5, 5.41) is 0. The smallest absolute Gasteiger partial charge is 0.246 e. The lowest BCUT2D eigenvalue weighted by atomic mass is 10.2. The summed E-state index contributed by atoms with van der Waals surface area (Å²) in [6, 6.07) is 10.6. The molecule has 2 heterocycles. The molecule has 2 fully saturated rings. The number of benzene rings is 1. The quantitative estimate of drug-likeness (QED) is 0.749. The highest BCUT2D eigenvalue weighted by Gasteiger charge is 2.34. The molecule has 4 rings (SSSR count). The van der Waals surface area contributed by atoms with Crippen LogP contribution in [0.15, 0.2) is 36.4 Å². The van der Waals surface area contributed by atoms with E-state index in [1.54, 1.807) is 6.08 Å². The molecule has 2 aliphatic rings. The van der Waals surface area contributed by atoms with Crippen LogP contribution in [0.4, 0.5) is 0 Å². The number of aryl methyl sites for hydroxylation is 2. The highest BCUT2D eigenvalue weighted by molar-refractivity contribution is 5.92. The second-order valence-electron chi connectivity index (χ2n) is 8.26. The van der Waals surface area contributed by atoms with Crippen molar-refractivity contribution in [2.24, 2.45) is 5.92 Å². The minimum absolute atomic E-state index is 0.0173. The van der Waals surface area contributed by atoms with Crippen LogP contribution in [0.25, 0.3) is 11.8 Å². The number of piperazine rings is 1. The molecule has 152 valence electrons. The van der Waals surface area contributed by atoms with E-state index in [4.69, 9.17) is 0 Å². The molecule has 1 aromatic heterocycles. The maximum atomic E-state index is 12.6. The standard InChI is InChI=1S/C24H29N3O2/c1-17-4-9-22(10-5-17)27-18(2)16-21(19(27)3)8-11-23(28)25-12-14-26(15-13-25)24(29)20-6-7-20/h4-5,8-11,16,20H,6-7,12-15H2,1-3H3. The van der Waals surface area contributed by atoms with E-state index in [2.05, 4.69) is 55.7 Å². The summed E-state index contributed by atoms with van der Waals surface area (Å²) >= 11 is 0. The van der Waals surface area contributed by atoms with E-state index in [0.29, 0.717) is 26.2 Å². The van der Waals surface area contributed by atoms with Crippen LogP contribution in [0.5, 0.6) is 0 Å². The van der Waals surface area contributed by atoms with E-state index in [9.17, 15) is 9.59 Å². The number of nitrogens with zero attached hydrogens (tertiary/aromatic N) is 3. The second kappa shape index (κ2) is 7.90. The molecule has 1 aliphatic carbocycles. The van der Waals surface area contributed by atoms with E-state index in [-0.39, 0.29) is 17.7 Å². The van der Waals surface area contributed by atoms with Crippen molar-refractivity contribution in [2.45, 2.75) is 33.6 Å². The van der Waals surface area contributed by atoms with Gasteiger partial charge in [-0.15, -0.1) is 0 Å². The number of rotatable bonds is 4. The first-order valence-corrected chi connectivity index (χ1v) is 10.5. The molecular weight excluding hydrogens is 362 g/mol. The van der Waals surface area contributed by atoms with Crippen LogP contribution < -0.4 is 0 Å². The van der Waals surface area contributed by atoms with E-state index in [0.717, 1.165) is 35.5 Å². The van der Waals surface area contributed by atoms with Crippen LogP contribution in [0.3, 0.4) is 0 Å². The van der Waals surface area contributed by atoms with E-state index < -0.39 is 0 Å². The Kier molecular flexibility index (Phi) is 5.31. The minimum atomic E-state index is 0.0173. The van der Waals surface area contributed by atoms with Crippen LogP contribution in [-0.4, -0.2) is 52.4 Å². The number of carbonyl (C=O) groups is 2.